The smallest absolute Gasteiger partial charge is 0.276 e. The SMILES string of the molecule is CCC1CN=C(C)C=C1C(=O)Nc1nc2cc(C(N)=O)cc3c2n1C/C=C/Cn1c(NC(=O)c2cc(C)nn2CC)nc2cc(C(N)=O)cc(c21)OCC(C1CN(C)C1)CO3. The zero-order valence-electron chi connectivity index (χ0n) is 34.9. The second-order valence-corrected chi connectivity index (χ2v) is 15.9. The topological polar surface area (TPSA) is 232 Å². The Balaban J connectivity index is 1.25. The van der Waals surface area contributed by atoms with E-state index in [1.807, 2.05) is 62.1 Å². The van der Waals surface area contributed by atoms with Crippen molar-refractivity contribution in [2.24, 2.45) is 34.2 Å². The van der Waals surface area contributed by atoms with Crippen LogP contribution in [0.25, 0.3) is 22.1 Å². The molecule has 8 rings (SSSR count). The molecule has 61 heavy (non-hydrogen) atoms. The van der Waals surface area contributed by atoms with Gasteiger partial charge >= 0.3 is 0 Å². The monoisotopic (exact) mass is 830 g/mol. The molecule has 0 bridgehead atoms. The van der Waals surface area contributed by atoms with Crippen molar-refractivity contribution < 1.29 is 28.7 Å². The number of nitrogens with two attached hydrogens (primary N) is 2. The number of hydrogen-bond donors (Lipinski definition) is 4. The number of aliphatic imine (C=N–C) groups is 1. The molecule has 3 aromatic heterocycles. The van der Waals surface area contributed by atoms with E-state index in [4.69, 9.17) is 30.9 Å². The van der Waals surface area contributed by atoms with Crippen molar-refractivity contribution in [1.82, 2.24) is 33.8 Å². The third-order valence-electron chi connectivity index (χ3n) is 11.6. The van der Waals surface area contributed by atoms with Gasteiger partial charge in [-0.25, -0.2) is 9.97 Å². The van der Waals surface area contributed by atoms with Gasteiger partial charge in [0.15, 0.2) is 0 Å². The number of benzene rings is 2. The Morgan fingerprint density at radius 2 is 1.34 bits per heavy atom. The van der Waals surface area contributed by atoms with Crippen LogP contribution in [0.2, 0.25) is 0 Å². The molecule has 1 fully saturated rings. The van der Waals surface area contributed by atoms with Gasteiger partial charge in [-0.05, 0) is 76.6 Å². The molecule has 18 heteroatoms. The molecule has 2 atom stereocenters. The highest BCUT2D eigenvalue weighted by Crippen LogP contribution is 2.36. The van der Waals surface area contributed by atoms with Crippen LogP contribution in [-0.2, 0) is 24.4 Å². The van der Waals surface area contributed by atoms with E-state index in [0.717, 1.165) is 25.2 Å². The molecule has 3 aliphatic heterocycles. The maximum absolute atomic E-state index is 14.0. The number of hydrogen-bond acceptors (Lipinski definition) is 11. The van der Waals surface area contributed by atoms with E-state index in [-0.39, 0.29) is 73.0 Å². The summed E-state index contributed by atoms with van der Waals surface area (Å²) in [5, 5.41) is 10.5. The molecule has 0 radical (unpaired) electrons. The van der Waals surface area contributed by atoms with E-state index >= 15 is 0 Å². The maximum atomic E-state index is 14.0. The Bertz CT molecular complexity index is 2680. The molecular weight excluding hydrogens is 781 g/mol. The number of rotatable bonds is 9. The van der Waals surface area contributed by atoms with Gasteiger partial charge in [-0.1, -0.05) is 19.1 Å². The van der Waals surface area contributed by atoms with Crippen molar-refractivity contribution in [1.29, 1.82) is 0 Å². The molecule has 4 amide bonds. The molecule has 3 aliphatic rings. The Labute approximate surface area is 351 Å². The predicted molar refractivity (Wildman–Crippen MR) is 230 cm³/mol. The number of primary amides is 2. The first-order valence-corrected chi connectivity index (χ1v) is 20.5. The summed E-state index contributed by atoms with van der Waals surface area (Å²) in [7, 11) is 2.04. The van der Waals surface area contributed by atoms with Crippen molar-refractivity contribution in [3.8, 4) is 11.5 Å². The number of anilines is 2. The summed E-state index contributed by atoms with van der Waals surface area (Å²) in [4.78, 5) is 69.5. The maximum Gasteiger partial charge on any atom is 0.276 e. The molecule has 6 N–H and O–H groups in total. The number of allylic oxidation sites excluding steroid dienone is 3. The molecule has 6 heterocycles. The van der Waals surface area contributed by atoms with Gasteiger partial charge in [0.25, 0.3) is 11.8 Å². The van der Waals surface area contributed by atoms with Gasteiger partial charge in [0.05, 0.1) is 29.9 Å². The van der Waals surface area contributed by atoms with Crippen LogP contribution in [0.5, 0.6) is 11.5 Å². The van der Waals surface area contributed by atoms with E-state index in [0.29, 0.717) is 63.6 Å². The molecule has 1 saturated heterocycles. The van der Waals surface area contributed by atoms with Crippen LogP contribution in [0, 0.1) is 24.7 Å². The van der Waals surface area contributed by atoms with Crippen LogP contribution in [0.15, 0.2) is 59.1 Å². The molecule has 0 aliphatic carbocycles. The van der Waals surface area contributed by atoms with E-state index in [1.165, 1.54) is 0 Å². The van der Waals surface area contributed by atoms with Gasteiger partial charge in [-0.15, -0.1) is 0 Å². The fourth-order valence-corrected chi connectivity index (χ4v) is 8.28. The zero-order valence-corrected chi connectivity index (χ0v) is 34.9. The van der Waals surface area contributed by atoms with Crippen LogP contribution in [0.1, 0.15) is 64.1 Å². The third-order valence-corrected chi connectivity index (χ3v) is 11.6. The zero-order chi connectivity index (χ0) is 43.1. The second-order valence-electron chi connectivity index (χ2n) is 15.9. The minimum absolute atomic E-state index is 0.0591. The number of aryl methyl sites for hydroxylation is 2. The highest BCUT2D eigenvalue weighted by atomic mass is 16.5. The predicted octanol–water partition coefficient (Wildman–Crippen LogP) is 3.93. The van der Waals surface area contributed by atoms with Crippen molar-refractivity contribution >= 4 is 63.3 Å². The number of amides is 4. The third kappa shape index (κ3) is 8.09. The van der Waals surface area contributed by atoms with Gasteiger partial charge < -0.3 is 35.0 Å². The van der Waals surface area contributed by atoms with Crippen LogP contribution < -0.4 is 31.6 Å². The summed E-state index contributed by atoms with van der Waals surface area (Å²) in [6.45, 7) is 11.0. The lowest BCUT2D eigenvalue weighted by atomic mass is 9.87. The summed E-state index contributed by atoms with van der Waals surface area (Å²) in [5.74, 6) is -0.884. The summed E-state index contributed by atoms with van der Waals surface area (Å²) >= 11 is 0. The standard InChI is InChI=1S/C43H50N12O6/c1-6-25-18-46-23(3)12-30(25)40(58)49-42-47-31-14-26(38(44)56)16-34-36(31)53(42)10-8-9-11-54-37-32(48-43(54)50-41(59)33-13-24(4)51-55(33)7-2)15-27(39(45)57)17-35(37)61-22-29(21-60-34)28-19-52(5)20-28/h8-9,12-17,25,28-29H,6-7,10-11,18-22H2,1-5H3,(H2,44,56)(H2,45,57)(H,47,49,58)(H,48,50,59)/b9-8+. The van der Waals surface area contributed by atoms with Crippen LogP contribution in [0.3, 0.4) is 0 Å². The minimum Gasteiger partial charge on any atom is -0.491 e. The number of imidazole rings is 2. The van der Waals surface area contributed by atoms with Crippen LogP contribution in [-0.4, -0.2) is 103 Å². The highest BCUT2D eigenvalue weighted by Gasteiger charge is 2.34. The molecule has 2 unspecified atom stereocenters. The van der Waals surface area contributed by atoms with Crippen LogP contribution >= 0.6 is 0 Å². The summed E-state index contributed by atoms with van der Waals surface area (Å²) in [6, 6.07) is 8.09. The quantitative estimate of drug-likeness (QED) is 0.156. The molecule has 18 nitrogen and oxygen atoms in total. The fraction of sp³-hybridized carbons (Fsp3) is 0.395. The summed E-state index contributed by atoms with van der Waals surface area (Å²) in [6.07, 6.45) is 6.33. The number of carbonyl (C=O) groups is 4. The Hall–Kier alpha value is -6.82. The van der Waals surface area contributed by atoms with Gasteiger partial charge in [-0.2, -0.15) is 5.10 Å². The minimum atomic E-state index is -0.662. The lowest BCUT2D eigenvalue weighted by Gasteiger charge is -2.41. The number of nitrogens with one attached hydrogen (secondary N) is 2. The van der Waals surface area contributed by atoms with Gasteiger partial charge in [-0.3, -0.25) is 39.5 Å². The van der Waals surface area contributed by atoms with E-state index in [1.54, 1.807) is 35.0 Å². The lowest BCUT2D eigenvalue weighted by molar-refractivity contribution is -0.113. The van der Waals surface area contributed by atoms with Gasteiger partial charge in [0.2, 0.25) is 23.7 Å². The van der Waals surface area contributed by atoms with E-state index < -0.39 is 17.7 Å². The number of carbonyl (C=O) groups excluding carboxylic acids is 4. The average molecular weight is 831 g/mol. The van der Waals surface area contributed by atoms with Crippen LogP contribution in [0.4, 0.5) is 11.9 Å². The average Bonchev–Trinajstić information content (AvgIpc) is 3.89. The van der Waals surface area contributed by atoms with Crippen molar-refractivity contribution in [3.05, 3.63) is 76.6 Å². The van der Waals surface area contributed by atoms with E-state index in [2.05, 4.69) is 25.6 Å². The number of nitrogens with zero attached hydrogens (tertiary/aromatic N) is 8. The second kappa shape index (κ2) is 16.7. The molecular formula is C43H50N12O6. The first-order chi connectivity index (χ1) is 29.3. The van der Waals surface area contributed by atoms with Gasteiger partial charge in [0.1, 0.15) is 28.2 Å². The molecule has 2 aromatic carbocycles. The lowest BCUT2D eigenvalue weighted by Crippen LogP contribution is -2.50. The van der Waals surface area contributed by atoms with Crippen molar-refractivity contribution in [2.75, 3.05) is 50.5 Å². The largest absolute Gasteiger partial charge is 0.491 e. The Kier molecular flexibility index (Phi) is 11.2. The molecule has 5 aromatic rings. The first-order valence-electron chi connectivity index (χ1n) is 20.5. The van der Waals surface area contributed by atoms with Crippen molar-refractivity contribution in [3.63, 3.8) is 0 Å². The van der Waals surface area contributed by atoms with E-state index in [9.17, 15) is 19.2 Å². The Morgan fingerprint density at radius 3 is 1.85 bits per heavy atom. The molecule has 318 valence electrons. The fourth-order valence-electron chi connectivity index (χ4n) is 8.28. The number of dihydropyridines is 1. The number of likely N-dealkylation sites (tertiary alicyclic amines) is 1. The number of aromatic nitrogens is 6. The van der Waals surface area contributed by atoms with Gasteiger partial charge in [0, 0.05) is 73.5 Å². The highest BCUT2D eigenvalue weighted by molar-refractivity contribution is 6.10. The normalized spacial score (nSPS) is 19.1. The first kappa shape index (κ1) is 40.9. The number of ether oxygens (including phenoxy) is 2. The summed E-state index contributed by atoms with van der Waals surface area (Å²) in [5.41, 5.74) is 16.4. The Morgan fingerprint density at radius 1 is 0.787 bits per heavy atom. The molecule has 0 spiro atoms. The van der Waals surface area contributed by atoms with Crippen molar-refractivity contribution in [2.45, 2.75) is 53.8 Å². The molecule has 0 saturated carbocycles. The summed E-state index contributed by atoms with van der Waals surface area (Å²) < 4.78 is 18.6.